The number of ether oxygens (including phenoxy) is 1. The summed E-state index contributed by atoms with van der Waals surface area (Å²) in [6.07, 6.45) is 1.01. The van der Waals surface area contributed by atoms with Crippen molar-refractivity contribution in [2.75, 3.05) is 20.7 Å². The summed E-state index contributed by atoms with van der Waals surface area (Å²) in [5.41, 5.74) is 2.37. The molecule has 0 saturated heterocycles. The van der Waals surface area contributed by atoms with Crippen molar-refractivity contribution in [1.82, 2.24) is 10.6 Å². The summed E-state index contributed by atoms with van der Waals surface area (Å²) >= 11 is 1.78. The molecule has 22 heavy (non-hydrogen) atoms. The summed E-state index contributed by atoms with van der Waals surface area (Å²) in [7, 11) is 3.48. The summed E-state index contributed by atoms with van der Waals surface area (Å²) in [5, 5.41) is 8.77. The first-order chi connectivity index (χ1) is 10.7. The Hall–Kier alpha value is -2.01. The average Bonchev–Trinajstić information content (AvgIpc) is 3.03. The number of hydrogen-bond acceptors (Lipinski definition) is 3. The molecule has 2 N–H and O–H groups in total. The van der Waals surface area contributed by atoms with E-state index in [1.165, 1.54) is 16.0 Å². The molecule has 1 aromatic heterocycles. The topological polar surface area (TPSA) is 45.7 Å². The lowest BCUT2D eigenvalue weighted by atomic mass is 10.1. The molecule has 0 spiro atoms. The zero-order valence-corrected chi connectivity index (χ0v) is 14.2. The number of aliphatic imine (C=N–C) groups is 1. The summed E-state index contributed by atoms with van der Waals surface area (Å²) < 4.78 is 5.30. The summed E-state index contributed by atoms with van der Waals surface area (Å²) in [4.78, 5) is 5.63. The van der Waals surface area contributed by atoms with E-state index in [2.05, 4.69) is 46.1 Å². The fourth-order valence-corrected chi connectivity index (χ4v) is 2.92. The highest BCUT2D eigenvalue weighted by molar-refractivity contribution is 7.09. The maximum absolute atomic E-state index is 5.30. The van der Waals surface area contributed by atoms with Crippen LogP contribution in [0, 0.1) is 6.92 Å². The van der Waals surface area contributed by atoms with E-state index in [1.807, 2.05) is 12.1 Å². The molecule has 0 aliphatic heterocycles. The summed E-state index contributed by atoms with van der Waals surface area (Å²) in [5.74, 6) is 1.70. The number of rotatable bonds is 6. The number of thiophene rings is 1. The van der Waals surface area contributed by atoms with Gasteiger partial charge in [0.05, 0.1) is 7.11 Å². The molecule has 1 aromatic carbocycles. The van der Waals surface area contributed by atoms with Crippen molar-refractivity contribution >= 4 is 17.3 Å². The van der Waals surface area contributed by atoms with Crippen molar-refractivity contribution in [1.29, 1.82) is 0 Å². The molecule has 1 heterocycles. The Morgan fingerprint density at radius 2 is 2.14 bits per heavy atom. The highest BCUT2D eigenvalue weighted by atomic mass is 32.1. The van der Waals surface area contributed by atoms with Gasteiger partial charge >= 0.3 is 0 Å². The van der Waals surface area contributed by atoms with Crippen molar-refractivity contribution in [3.8, 4) is 5.75 Å². The lowest BCUT2D eigenvalue weighted by Gasteiger charge is -2.12. The average molecular weight is 317 g/mol. The van der Waals surface area contributed by atoms with E-state index in [4.69, 9.17) is 4.74 Å². The third-order valence-corrected chi connectivity index (χ3v) is 4.21. The number of methoxy groups -OCH3 is 1. The second kappa shape index (κ2) is 8.44. The van der Waals surface area contributed by atoms with Crippen molar-refractivity contribution in [3.05, 3.63) is 51.7 Å². The molecule has 0 unspecified atom stereocenters. The number of nitrogens with zero attached hydrogens (tertiary/aromatic N) is 1. The standard InChI is InChI=1S/C17H23N3OS/c1-13-9-14(11-15(10-13)21-3)12-20-17(18-2)19-7-6-16-5-4-8-22-16/h4-5,8-11H,6-7,12H2,1-3H3,(H2,18,19,20). The minimum absolute atomic E-state index is 0.719. The zero-order chi connectivity index (χ0) is 15.8. The Balaban J connectivity index is 1.82. The van der Waals surface area contributed by atoms with E-state index >= 15 is 0 Å². The Bertz CT molecular complexity index is 608. The molecule has 0 atom stereocenters. The molecule has 0 aliphatic rings. The normalized spacial score (nSPS) is 11.3. The van der Waals surface area contributed by atoms with Crippen molar-refractivity contribution < 1.29 is 4.74 Å². The van der Waals surface area contributed by atoms with Crippen LogP contribution in [0.3, 0.4) is 0 Å². The van der Waals surface area contributed by atoms with Crippen LogP contribution >= 0.6 is 11.3 Å². The molecule has 0 aliphatic carbocycles. The number of benzene rings is 1. The summed E-state index contributed by atoms with van der Waals surface area (Å²) in [6, 6.07) is 10.4. The van der Waals surface area contributed by atoms with Gasteiger partial charge in [0.1, 0.15) is 5.75 Å². The predicted octanol–water partition coefficient (Wildman–Crippen LogP) is 2.97. The molecular weight excluding hydrogens is 294 g/mol. The van der Waals surface area contributed by atoms with Gasteiger partial charge in [-0.3, -0.25) is 4.99 Å². The van der Waals surface area contributed by atoms with Crippen molar-refractivity contribution in [3.63, 3.8) is 0 Å². The van der Waals surface area contributed by atoms with Crippen LogP contribution in [0.25, 0.3) is 0 Å². The Morgan fingerprint density at radius 1 is 1.27 bits per heavy atom. The smallest absolute Gasteiger partial charge is 0.191 e. The third kappa shape index (κ3) is 5.07. The van der Waals surface area contributed by atoms with Gasteiger partial charge in [-0.15, -0.1) is 11.3 Å². The largest absolute Gasteiger partial charge is 0.497 e. The minimum atomic E-state index is 0.719. The molecule has 0 radical (unpaired) electrons. The molecule has 0 fully saturated rings. The molecule has 0 bridgehead atoms. The second-order valence-electron chi connectivity index (χ2n) is 5.04. The molecule has 0 saturated carbocycles. The molecule has 118 valence electrons. The van der Waals surface area contributed by atoms with Gasteiger partial charge < -0.3 is 15.4 Å². The first-order valence-corrected chi connectivity index (χ1v) is 8.20. The fraction of sp³-hybridized carbons (Fsp3) is 0.353. The molecule has 0 amide bonds. The number of nitrogens with one attached hydrogen (secondary N) is 2. The van der Waals surface area contributed by atoms with Crippen molar-refractivity contribution in [2.24, 2.45) is 4.99 Å². The molecule has 4 nitrogen and oxygen atoms in total. The quantitative estimate of drug-likeness (QED) is 0.636. The minimum Gasteiger partial charge on any atom is -0.497 e. The van der Waals surface area contributed by atoms with Gasteiger partial charge in [-0.05, 0) is 48.1 Å². The number of aryl methyl sites for hydroxylation is 1. The van der Waals surface area contributed by atoms with Gasteiger partial charge in [0.25, 0.3) is 0 Å². The number of hydrogen-bond donors (Lipinski definition) is 2. The monoisotopic (exact) mass is 317 g/mol. The van der Waals surface area contributed by atoms with Crippen LogP contribution in [0.5, 0.6) is 5.75 Å². The molecule has 2 rings (SSSR count). The van der Waals surface area contributed by atoms with Gasteiger partial charge in [0, 0.05) is 25.0 Å². The van der Waals surface area contributed by atoms with Crippen LogP contribution < -0.4 is 15.4 Å². The predicted molar refractivity (Wildman–Crippen MR) is 94.0 cm³/mol. The van der Waals surface area contributed by atoms with Crippen LogP contribution in [-0.2, 0) is 13.0 Å². The zero-order valence-electron chi connectivity index (χ0n) is 13.3. The Kier molecular flexibility index (Phi) is 6.27. The van der Waals surface area contributed by atoms with E-state index in [9.17, 15) is 0 Å². The molecular formula is C17H23N3OS. The highest BCUT2D eigenvalue weighted by Crippen LogP contribution is 2.16. The Morgan fingerprint density at radius 3 is 2.82 bits per heavy atom. The van der Waals surface area contributed by atoms with E-state index in [0.29, 0.717) is 0 Å². The van der Waals surface area contributed by atoms with Gasteiger partial charge in [-0.1, -0.05) is 12.1 Å². The molecule has 2 aromatic rings. The third-order valence-electron chi connectivity index (χ3n) is 3.27. The van der Waals surface area contributed by atoms with Crippen LogP contribution in [0.1, 0.15) is 16.0 Å². The lowest BCUT2D eigenvalue weighted by molar-refractivity contribution is 0.414. The van der Waals surface area contributed by atoms with E-state index < -0.39 is 0 Å². The van der Waals surface area contributed by atoms with Crippen LogP contribution in [-0.4, -0.2) is 26.7 Å². The molecule has 5 heteroatoms. The van der Waals surface area contributed by atoms with Gasteiger partial charge in [-0.25, -0.2) is 0 Å². The fourth-order valence-electron chi connectivity index (χ4n) is 2.21. The lowest BCUT2D eigenvalue weighted by Crippen LogP contribution is -2.37. The van der Waals surface area contributed by atoms with Gasteiger partial charge in [0.2, 0.25) is 0 Å². The maximum atomic E-state index is 5.30. The maximum Gasteiger partial charge on any atom is 0.191 e. The number of guanidine groups is 1. The van der Waals surface area contributed by atoms with E-state index in [-0.39, 0.29) is 0 Å². The first kappa shape index (κ1) is 16.4. The van der Waals surface area contributed by atoms with Crippen LogP contribution in [0.15, 0.2) is 40.7 Å². The SMILES string of the molecule is CN=C(NCCc1cccs1)NCc1cc(C)cc(OC)c1. The van der Waals surface area contributed by atoms with E-state index in [1.54, 1.807) is 25.5 Å². The highest BCUT2D eigenvalue weighted by Gasteiger charge is 2.02. The first-order valence-electron chi connectivity index (χ1n) is 7.32. The van der Waals surface area contributed by atoms with Crippen LogP contribution in [0.2, 0.25) is 0 Å². The summed E-state index contributed by atoms with van der Waals surface area (Å²) in [6.45, 7) is 3.66. The van der Waals surface area contributed by atoms with Gasteiger partial charge in [-0.2, -0.15) is 0 Å². The Labute approximate surface area is 136 Å². The van der Waals surface area contributed by atoms with E-state index in [0.717, 1.165) is 31.2 Å². The second-order valence-corrected chi connectivity index (χ2v) is 6.07. The van der Waals surface area contributed by atoms with Gasteiger partial charge in [0.15, 0.2) is 5.96 Å². The van der Waals surface area contributed by atoms with Crippen LogP contribution in [0.4, 0.5) is 0 Å². The van der Waals surface area contributed by atoms with Crippen molar-refractivity contribution in [2.45, 2.75) is 19.9 Å².